The normalized spacial score (nSPS) is 10.5. The average Bonchev–Trinajstić information content (AvgIpc) is 2.17. The van der Waals surface area contributed by atoms with Crippen molar-refractivity contribution >= 4 is 12.9 Å². The SMILES string of the molecule is C[B]c1ncc(OCCC(C)C)cc1C. The minimum Gasteiger partial charge on any atom is -0.492 e. The van der Waals surface area contributed by atoms with Crippen molar-refractivity contribution < 1.29 is 4.74 Å². The van der Waals surface area contributed by atoms with Crippen LogP contribution in [0.15, 0.2) is 12.3 Å². The zero-order valence-corrected chi connectivity index (χ0v) is 10.1. The van der Waals surface area contributed by atoms with E-state index in [1.807, 2.05) is 20.2 Å². The summed E-state index contributed by atoms with van der Waals surface area (Å²) in [6.07, 6.45) is 2.88. The topological polar surface area (TPSA) is 22.1 Å². The van der Waals surface area contributed by atoms with Crippen LogP contribution < -0.4 is 10.3 Å². The summed E-state index contributed by atoms with van der Waals surface area (Å²) in [5, 5.41) is 0. The van der Waals surface area contributed by atoms with Crippen molar-refractivity contribution in [2.24, 2.45) is 5.92 Å². The van der Waals surface area contributed by atoms with E-state index in [9.17, 15) is 0 Å². The lowest BCUT2D eigenvalue weighted by Crippen LogP contribution is -2.18. The van der Waals surface area contributed by atoms with Gasteiger partial charge >= 0.3 is 0 Å². The van der Waals surface area contributed by atoms with Crippen LogP contribution in [0.4, 0.5) is 0 Å². The number of aromatic nitrogens is 1. The van der Waals surface area contributed by atoms with Crippen LogP contribution in [0.2, 0.25) is 6.82 Å². The van der Waals surface area contributed by atoms with Crippen molar-refractivity contribution in [1.82, 2.24) is 4.98 Å². The molecule has 0 spiro atoms. The highest BCUT2D eigenvalue weighted by atomic mass is 16.5. The van der Waals surface area contributed by atoms with Gasteiger partial charge in [0.05, 0.1) is 12.8 Å². The molecule has 0 aromatic carbocycles. The van der Waals surface area contributed by atoms with Gasteiger partial charge in [-0.05, 0) is 36.5 Å². The Morgan fingerprint density at radius 2 is 2.20 bits per heavy atom. The number of ether oxygens (including phenoxy) is 1. The van der Waals surface area contributed by atoms with E-state index >= 15 is 0 Å². The number of aryl methyl sites for hydroxylation is 1. The fourth-order valence-electron chi connectivity index (χ4n) is 1.35. The second kappa shape index (κ2) is 5.79. The van der Waals surface area contributed by atoms with Crippen molar-refractivity contribution in [3.8, 4) is 5.75 Å². The van der Waals surface area contributed by atoms with Crippen LogP contribution >= 0.6 is 0 Å². The first-order valence-electron chi connectivity index (χ1n) is 5.52. The number of nitrogens with zero attached hydrogens (tertiary/aromatic N) is 1. The molecule has 81 valence electrons. The van der Waals surface area contributed by atoms with Crippen LogP contribution in [-0.2, 0) is 0 Å². The first-order valence-corrected chi connectivity index (χ1v) is 5.52. The highest BCUT2D eigenvalue weighted by molar-refractivity contribution is 6.51. The summed E-state index contributed by atoms with van der Waals surface area (Å²) in [4.78, 5) is 4.31. The minimum absolute atomic E-state index is 0.683. The quantitative estimate of drug-likeness (QED) is 0.686. The lowest BCUT2D eigenvalue weighted by molar-refractivity contribution is 0.288. The Morgan fingerprint density at radius 1 is 1.47 bits per heavy atom. The van der Waals surface area contributed by atoms with Gasteiger partial charge in [0.2, 0.25) is 0 Å². The molecule has 2 nitrogen and oxygen atoms in total. The third-order valence-electron chi connectivity index (χ3n) is 2.33. The number of rotatable bonds is 5. The predicted molar refractivity (Wildman–Crippen MR) is 65.2 cm³/mol. The van der Waals surface area contributed by atoms with Gasteiger partial charge in [-0.25, -0.2) is 0 Å². The van der Waals surface area contributed by atoms with E-state index in [1.165, 1.54) is 5.56 Å². The van der Waals surface area contributed by atoms with Crippen LogP contribution in [-0.4, -0.2) is 18.9 Å². The van der Waals surface area contributed by atoms with Crippen molar-refractivity contribution in [2.45, 2.75) is 34.0 Å². The molecule has 0 N–H and O–H groups in total. The van der Waals surface area contributed by atoms with E-state index in [4.69, 9.17) is 4.74 Å². The van der Waals surface area contributed by atoms with Crippen molar-refractivity contribution in [3.05, 3.63) is 17.8 Å². The Bertz CT molecular complexity index is 312. The second-order valence-electron chi connectivity index (χ2n) is 4.19. The van der Waals surface area contributed by atoms with Gasteiger partial charge in [-0.2, -0.15) is 0 Å². The first-order chi connectivity index (χ1) is 7.13. The summed E-state index contributed by atoms with van der Waals surface area (Å²) in [6.45, 7) is 9.21. The van der Waals surface area contributed by atoms with Crippen molar-refractivity contribution in [1.29, 1.82) is 0 Å². The van der Waals surface area contributed by atoms with Crippen LogP contribution in [0.3, 0.4) is 0 Å². The molecule has 0 aliphatic heterocycles. The zero-order chi connectivity index (χ0) is 11.3. The lowest BCUT2D eigenvalue weighted by atomic mass is 9.75. The molecule has 15 heavy (non-hydrogen) atoms. The predicted octanol–water partition coefficient (Wildman–Crippen LogP) is 2.19. The highest BCUT2D eigenvalue weighted by Crippen LogP contribution is 2.10. The van der Waals surface area contributed by atoms with Crippen LogP contribution in [0.25, 0.3) is 0 Å². The fraction of sp³-hybridized carbons (Fsp3) is 0.583. The van der Waals surface area contributed by atoms with Crippen LogP contribution in [0.1, 0.15) is 25.8 Å². The smallest absolute Gasteiger partial charge is 0.174 e. The number of pyridine rings is 1. The van der Waals surface area contributed by atoms with Crippen LogP contribution in [0.5, 0.6) is 5.75 Å². The summed E-state index contributed by atoms with van der Waals surface area (Å²) in [5.41, 5.74) is 2.20. The van der Waals surface area contributed by atoms with Gasteiger partial charge in [-0.3, -0.25) is 4.98 Å². The molecule has 0 saturated heterocycles. The number of hydrogen-bond acceptors (Lipinski definition) is 2. The molecule has 0 bridgehead atoms. The molecular formula is C12H19BNO. The Morgan fingerprint density at radius 3 is 2.73 bits per heavy atom. The minimum atomic E-state index is 0.683. The Labute approximate surface area is 93.3 Å². The Balaban J connectivity index is 2.52. The third kappa shape index (κ3) is 3.94. The van der Waals surface area contributed by atoms with Crippen molar-refractivity contribution in [2.75, 3.05) is 6.61 Å². The van der Waals surface area contributed by atoms with Crippen LogP contribution in [0, 0.1) is 12.8 Å². The summed E-state index contributed by atoms with van der Waals surface area (Å²) >= 11 is 0. The summed E-state index contributed by atoms with van der Waals surface area (Å²) in [5.74, 6) is 1.56. The molecule has 1 aromatic rings. The fourth-order valence-corrected chi connectivity index (χ4v) is 1.35. The molecule has 0 unspecified atom stereocenters. The molecule has 0 aliphatic rings. The van der Waals surface area contributed by atoms with Gasteiger partial charge in [-0.15, -0.1) is 0 Å². The second-order valence-corrected chi connectivity index (χ2v) is 4.19. The largest absolute Gasteiger partial charge is 0.492 e. The Hall–Kier alpha value is -0.985. The van der Waals surface area contributed by atoms with Gasteiger partial charge in [0, 0.05) is 0 Å². The molecule has 0 aliphatic carbocycles. The monoisotopic (exact) mass is 204 g/mol. The molecule has 1 heterocycles. The summed E-state index contributed by atoms with van der Waals surface area (Å²) < 4.78 is 5.62. The maximum atomic E-state index is 5.62. The molecule has 0 fully saturated rings. The van der Waals surface area contributed by atoms with E-state index in [0.29, 0.717) is 5.92 Å². The zero-order valence-electron chi connectivity index (χ0n) is 10.1. The Kier molecular flexibility index (Phi) is 4.66. The first kappa shape index (κ1) is 12.1. The number of hydrogen-bond donors (Lipinski definition) is 0. The van der Waals surface area contributed by atoms with Gasteiger partial charge < -0.3 is 4.74 Å². The molecular weight excluding hydrogens is 185 g/mol. The van der Waals surface area contributed by atoms with E-state index < -0.39 is 0 Å². The molecule has 0 saturated carbocycles. The molecule has 0 atom stereocenters. The average molecular weight is 204 g/mol. The molecule has 1 aromatic heterocycles. The molecule has 1 radical (unpaired) electrons. The van der Waals surface area contributed by atoms with Gasteiger partial charge in [0.25, 0.3) is 0 Å². The highest BCUT2D eigenvalue weighted by Gasteiger charge is 2.01. The maximum absolute atomic E-state index is 5.62. The molecule has 0 amide bonds. The van der Waals surface area contributed by atoms with Gasteiger partial charge in [0.1, 0.15) is 5.75 Å². The van der Waals surface area contributed by atoms with E-state index in [0.717, 1.165) is 24.4 Å². The third-order valence-corrected chi connectivity index (χ3v) is 2.33. The van der Waals surface area contributed by atoms with E-state index in [-0.39, 0.29) is 0 Å². The van der Waals surface area contributed by atoms with E-state index in [1.54, 1.807) is 6.20 Å². The summed E-state index contributed by atoms with van der Waals surface area (Å²) in [6, 6.07) is 2.04. The van der Waals surface area contributed by atoms with E-state index in [2.05, 4.69) is 25.8 Å². The lowest BCUT2D eigenvalue weighted by Gasteiger charge is -2.09. The standard InChI is InChI=1S/C12H19BNO/c1-9(2)5-6-15-11-7-10(3)12(13-4)14-8-11/h7-9H,5-6H2,1-4H3. The van der Waals surface area contributed by atoms with Gasteiger partial charge in [0.15, 0.2) is 7.28 Å². The molecule has 1 rings (SSSR count). The molecule has 3 heteroatoms. The van der Waals surface area contributed by atoms with Gasteiger partial charge in [-0.1, -0.05) is 20.7 Å². The van der Waals surface area contributed by atoms with Crippen molar-refractivity contribution in [3.63, 3.8) is 0 Å². The summed E-state index contributed by atoms with van der Waals surface area (Å²) in [7, 11) is 2.01. The maximum Gasteiger partial charge on any atom is 0.174 e.